The van der Waals surface area contributed by atoms with Gasteiger partial charge >= 0.3 is 6.18 Å². The predicted octanol–water partition coefficient (Wildman–Crippen LogP) is 3.68. The van der Waals surface area contributed by atoms with E-state index in [1.807, 2.05) is 0 Å². The number of nitrogen functional groups attached to an aromatic ring is 2. The highest BCUT2D eigenvalue weighted by atomic mass is 19.4. The van der Waals surface area contributed by atoms with Crippen LogP contribution in [0.5, 0.6) is 0 Å². The Morgan fingerprint density at radius 2 is 1.47 bits per heavy atom. The molecule has 4 N–H and O–H groups in total. The first-order valence-electron chi connectivity index (χ1n) is 5.31. The average molecular weight is 270 g/mol. The van der Waals surface area contributed by atoms with Gasteiger partial charge in [0.1, 0.15) is 5.82 Å². The van der Waals surface area contributed by atoms with Gasteiger partial charge in [-0.1, -0.05) is 12.1 Å². The van der Waals surface area contributed by atoms with E-state index in [1.165, 1.54) is 18.2 Å². The normalized spacial score (nSPS) is 11.6. The van der Waals surface area contributed by atoms with Crippen LogP contribution in [-0.2, 0) is 6.18 Å². The van der Waals surface area contributed by atoms with Crippen LogP contribution in [-0.4, -0.2) is 0 Å². The summed E-state index contributed by atoms with van der Waals surface area (Å²) in [5.74, 6) is -0.533. The topological polar surface area (TPSA) is 52.0 Å². The van der Waals surface area contributed by atoms with Crippen LogP contribution in [0.3, 0.4) is 0 Å². The molecule has 0 heterocycles. The lowest BCUT2D eigenvalue weighted by Gasteiger charge is -2.16. The fourth-order valence-corrected chi connectivity index (χ4v) is 1.86. The van der Waals surface area contributed by atoms with Gasteiger partial charge in [-0.05, 0) is 35.4 Å². The number of rotatable bonds is 1. The Morgan fingerprint density at radius 3 is 2.00 bits per heavy atom. The predicted molar refractivity (Wildman–Crippen MR) is 65.7 cm³/mol. The SMILES string of the molecule is Nc1cc(N)c(C(F)(F)F)c(-c2ccc(F)cc2)c1. The quantitative estimate of drug-likeness (QED) is 0.613. The number of hydrogen-bond donors (Lipinski definition) is 2. The van der Waals surface area contributed by atoms with Gasteiger partial charge in [0.2, 0.25) is 0 Å². The maximum Gasteiger partial charge on any atom is 0.418 e. The molecular weight excluding hydrogens is 260 g/mol. The van der Waals surface area contributed by atoms with E-state index in [0.29, 0.717) is 0 Å². The number of hydrogen-bond acceptors (Lipinski definition) is 2. The van der Waals surface area contributed by atoms with Crippen molar-refractivity contribution >= 4 is 11.4 Å². The van der Waals surface area contributed by atoms with Gasteiger partial charge in [0.25, 0.3) is 0 Å². The first kappa shape index (κ1) is 13.2. The van der Waals surface area contributed by atoms with Crippen LogP contribution >= 0.6 is 0 Å². The standard InChI is InChI=1S/C13H10F4N2/c14-8-3-1-7(2-4-8)10-5-9(18)6-11(19)12(10)13(15,16)17/h1-6H,18-19H2. The van der Waals surface area contributed by atoms with Crippen molar-refractivity contribution < 1.29 is 17.6 Å². The molecule has 0 spiro atoms. The number of benzene rings is 2. The minimum absolute atomic E-state index is 0.116. The van der Waals surface area contributed by atoms with Crippen LogP contribution in [0.4, 0.5) is 28.9 Å². The Kier molecular flexibility index (Phi) is 3.09. The first-order chi connectivity index (χ1) is 8.79. The molecule has 0 amide bonds. The molecule has 100 valence electrons. The first-order valence-corrected chi connectivity index (χ1v) is 5.31. The van der Waals surface area contributed by atoms with Gasteiger partial charge in [-0.3, -0.25) is 0 Å². The van der Waals surface area contributed by atoms with Gasteiger partial charge < -0.3 is 11.5 Å². The molecular formula is C13H10F4N2. The van der Waals surface area contributed by atoms with Gasteiger partial charge in [0.05, 0.1) is 5.56 Å². The van der Waals surface area contributed by atoms with Gasteiger partial charge in [-0.2, -0.15) is 13.2 Å². The number of nitrogens with two attached hydrogens (primary N) is 2. The summed E-state index contributed by atoms with van der Waals surface area (Å²) in [6.45, 7) is 0. The molecule has 0 bridgehead atoms. The Balaban J connectivity index is 2.71. The summed E-state index contributed by atoms with van der Waals surface area (Å²) in [6, 6.07) is 6.88. The summed E-state index contributed by atoms with van der Waals surface area (Å²) in [5, 5.41) is 0. The highest BCUT2D eigenvalue weighted by Gasteiger charge is 2.36. The van der Waals surface area contributed by atoms with Gasteiger partial charge in [0, 0.05) is 11.4 Å². The van der Waals surface area contributed by atoms with E-state index in [-0.39, 0.29) is 16.8 Å². The monoisotopic (exact) mass is 270 g/mol. The second-order valence-electron chi connectivity index (χ2n) is 4.04. The zero-order chi connectivity index (χ0) is 14.2. The second-order valence-corrected chi connectivity index (χ2v) is 4.04. The van der Waals surface area contributed by atoms with Crippen LogP contribution < -0.4 is 11.5 Å². The molecule has 6 heteroatoms. The highest BCUT2D eigenvalue weighted by molar-refractivity contribution is 5.78. The molecule has 2 aromatic carbocycles. The molecule has 2 nitrogen and oxygen atoms in total. The summed E-state index contributed by atoms with van der Waals surface area (Å²) in [7, 11) is 0. The molecule has 2 rings (SSSR count). The molecule has 0 aromatic heterocycles. The van der Waals surface area contributed by atoms with Crippen LogP contribution in [0, 0.1) is 5.82 Å². The molecule has 0 atom stereocenters. The molecule has 0 fully saturated rings. The Bertz CT molecular complexity index is 603. The largest absolute Gasteiger partial charge is 0.418 e. The van der Waals surface area contributed by atoms with Gasteiger partial charge in [-0.25, -0.2) is 4.39 Å². The van der Waals surface area contributed by atoms with Crippen molar-refractivity contribution in [3.63, 3.8) is 0 Å². The van der Waals surface area contributed by atoms with Crippen LogP contribution in [0.2, 0.25) is 0 Å². The molecule has 0 aliphatic rings. The summed E-state index contributed by atoms with van der Waals surface area (Å²) >= 11 is 0. The molecule has 19 heavy (non-hydrogen) atoms. The molecule has 0 aliphatic carbocycles. The lowest BCUT2D eigenvalue weighted by molar-refractivity contribution is -0.136. The third-order valence-corrected chi connectivity index (χ3v) is 2.63. The Labute approximate surface area is 106 Å². The van der Waals surface area contributed by atoms with Crippen LogP contribution in [0.15, 0.2) is 36.4 Å². The molecule has 0 radical (unpaired) electrons. The van der Waals surface area contributed by atoms with Crippen molar-refractivity contribution in [1.82, 2.24) is 0 Å². The van der Waals surface area contributed by atoms with E-state index in [0.717, 1.165) is 18.2 Å². The third-order valence-electron chi connectivity index (χ3n) is 2.63. The number of halogens is 4. The van der Waals surface area contributed by atoms with Crippen molar-refractivity contribution in [3.05, 3.63) is 47.8 Å². The van der Waals surface area contributed by atoms with Crippen molar-refractivity contribution in [2.24, 2.45) is 0 Å². The van der Waals surface area contributed by atoms with Crippen molar-refractivity contribution in [3.8, 4) is 11.1 Å². The maximum absolute atomic E-state index is 13.0. The van der Waals surface area contributed by atoms with E-state index in [2.05, 4.69) is 0 Å². The van der Waals surface area contributed by atoms with Gasteiger partial charge in [0.15, 0.2) is 0 Å². The minimum atomic E-state index is -4.61. The summed E-state index contributed by atoms with van der Waals surface area (Å²) in [4.78, 5) is 0. The molecule has 2 aromatic rings. The molecule has 0 unspecified atom stereocenters. The molecule has 0 aliphatic heterocycles. The van der Waals surface area contributed by atoms with Crippen molar-refractivity contribution in [2.45, 2.75) is 6.18 Å². The van der Waals surface area contributed by atoms with E-state index < -0.39 is 23.2 Å². The van der Waals surface area contributed by atoms with E-state index in [4.69, 9.17) is 11.5 Å². The highest BCUT2D eigenvalue weighted by Crippen LogP contribution is 2.41. The van der Waals surface area contributed by atoms with E-state index in [1.54, 1.807) is 0 Å². The zero-order valence-electron chi connectivity index (χ0n) is 9.63. The zero-order valence-corrected chi connectivity index (χ0v) is 9.63. The lowest BCUT2D eigenvalue weighted by atomic mass is 9.97. The lowest BCUT2D eigenvalue weighted by Crippen LogP contribution is -2.11. The average Bonchev–Trinajstić information content (AvgIpc) is 2.26. The number of alkyl halides is 3. The Morgan fingerprint density at radius 1 is 0.895 bits per heavy atom. The third kappa shape index (κ3) is 2.62. The van der Waals surface area contributed by atoms with E-state index >= 15 is 0 Å². The second kappa shape index (κ2) is 4.46. The minimum Gasteiger partial charge on any atom is -0.399 e. The smallest absolute Gasteiger partial charge is 0.399 e. The maximum atomic E-state index is 13.0. The van der Waals surface area contributed by atoms with Crippen LogP contribution in [0.25, 0.3) is 11.1 Å². The van der Waals surface area contributed by atoms with Gasteiger partial charge in [-0.15, -0.1) is 0 Å². The summed E-state index contributed by atoms with van der Waals surface area (Å²) in [5.41, 5.74) is 9.66. The summed E-state index contributed by atoms with van der Waals surface area (Å²) < 4.78 is 51.9. The van der Waals surface area contributed by atoms with Crippen molar-refractivity contribution in [2.75, 3.05) is 11.5 Å². The van der Waals surface area contributed by atoms with Crippen LogP contribution in [0.1, 0.15) is 5.56 Å². The Hall–Kier alpha value is -2.24. The van der Waals surface area contributed by atoms with Crippen molar-refractivity contribution in [1.29, 1.82) is 0 Å². The number of anilines is 2. The fourth-order valence-electron chi connectivity index (χ4n) is 1.86. The van der Waals surface area contributed by atoms with E-state index in [9.17, 15) is 17.6 Å². The molecule has 0 saturated carbocycles. The summed E-state index contributed by atoms with van der Waals surface area (Å²) in [6.07, 6.45) is -4.61. The fraction of sp³-hybridized carbons (Fsp3) is 0.0769. The molecule has 0 saturated heterocycles.